The second-order valence-electron chi connectivity index (χ2n) is 4.93. The minimum atomic E-state index is 0.0555. The third-order valence-electron chi connectivity index (χ3n) is 4.09. The molecule has 2 saturated carbocycles. The van der Waals surface area contributed by atoms with E-state index in [1.54, 1.807) is 0 Å². The van der Waals surface area contributed by atoms with E-state index in [-0.39, 0.29) is 11.0 Å². The van der Waals surface area contributed by atoms with Crippen LogP contribution in [0.3, 0.4) is 0 Å². The maximum Gasteiger partial charge on any atom is 0.0280 e. The SMILES string of the molecule is C#Cc1ccccc1C1(C2(N)CC2)CC1. The number of hydrogen-bond donors (Lipinski definition) is 1. The number of rotatable bonds is 2. The van der Waals surface area contributed by atoms with Gasteiger partial charge in [0.1, 0.15) is 0 Å². The second-order valence-corrected chi connectivity index (χ2v) is 4.93. The monoisotopic (exact) mass is 197 g/mol. The minimum Gasteiger partial charge on any atom is -0.324 e. The molecule has 2 aliphatic rings. The van der Waals surface area contributed by atoms with Crippen molar-refractivity contribution in [1.82, 2.24) is 0 Å². The lowest BCUT2D eigenvalue weighted by Crippen LogP contribution is -2.37. The van der Waals surface area contributed by atoms with Gasteiger partial charge in [-0.05, 0) is 37.3 Å². The van der Waals surface area contributed by atoms with Crippen LogP contribution in [0.2, 0.25) is 0 Å². The third kappa shape index (κ3) is 1.09. The normalized spacial score (nSPS) is 24.3. The van der Waals surface area contributed by atoms with Gasteiger partial charge in [-0.25, -0.2) is 0 Å². The molecule has 1 aromatic rings. The Bertz CT molecular complexity index is 445. The van der Waals surface area contributed by atoms with Crippen LogP contribution in [0.4, 0.5) is 0 Å². The first-order valence-electron chi connectivity index (χ1n) is 5.57. The molecule has 2 fully saturated rings. The summed E-state index contributed by atoms with van der Waals surface area (Å²) >= 11 is 0. The maximum atomic E-state index is 6.37. The van der Waals surface area contributed by atoms with Crippen LogP contribution < -0.4 is 5.73 Å². The van der Waals surface area contributed by atoms with Gasteiger partial charge in [-0.1, -0.05) is 24.1 Å². The molecular formula is C14H15N. The van der Waals surface area contributed by atoms with Gasteiger partial charge in [-0.2, -0.15) is 0 Å². The van der Waals surface area contributed by atoms with Crippen molar-refractivity contribution in [3.05, 3.63) is 35.4 Å². The highest BCUT2D eigenvalue weighted by Crippen LogP contribution is 2.64. The van der Waals surface area contributed by atoms with Crippen LogP contribution in [0.25, 0.3) is 0 Å². The van der Waals surface area contributed by atoms with E-state index in [0.29, 0.717) is 0 Å². The van der Waals surface area contributed by atoms with Crippen LogP contribution in [-0.4, -0.2) is 5.54 Å². The van der Waals surface area contributed by atoms with Gasteiger partial charge in [-0.3, -0.25) is 0 Å². The van der Waals surface area contributed by atoms with Crippen molar-refractivity contribution < 1.29 is 0 Å². The van der Waals surface area contributed by atoms with Crippen LogP contribution >= 0.6 is 0 Å². The zero-order valence-electron chi connectivity index (χ0n) is 8.79. The van der Waals surface area contributed by atoms with Gasteiger partial charge in [0.25, 0.3) is 0 Å². The van der Waals surface area contributed by atoms with Crippen molar-refractivity contribution in [3.63, 3.8) is 0 Å². The quantitative estimate of drug-likeness (QED) is 0.723. The topological polar surface area (TPSA) is 26.0 Å². The third-order valence-corrected chi connectivity index (χ3v) is 4.09. The predicted octanol–water partition coefficient (Wildman–Crippen LogP) is 2.19. The Morgan fingerprint density at radius 1 is 1.13 bits per heavy atom. The summed E-state index contributed by atoms with van der Waals surface area (Å²) in [4.78, 5) is 0. The summed E-state index contributed by atoms with van der Waals surface area (Å²) in [7, 11) is 0. The van der Waals surface area contributed by atoms with Crippen molar-refractivity contribution in [2.75, 3.05) is 0 Å². The van der Waals surface area contributed by atoms with Crippen LogP contribution in [0, 0.1) is 12.3 Å². The van der Waals surface area contributed by atoms with E-state index in [1.165, 1.54) is 18.4 Å². The molecule has 0 amide bonds. The van der Waals surface area contributed by atoms with Gasteiger partial charge >= 0.3 is 0 Å². The summed E-state index contributed by atoms with van der Waals surface area (Å²) in [6, 6.07) is 8.27. The number of nitrogens with two attached hydrogens (primary N) is 1. The molecule has 0 aromatic heterocycles. The number of benzene rings is 1. The smallest absolute Gasteiger partial charge is 0.0280 e. The lowest BCUT2D eigenvalue weighted by Gasteiger charge is -2.24. The highest BCUT2D eigenvalue weighted by atomic mass is 14.9. The van der Waals surface area contributed by atoms with Crippen LogP contribution in [0.1, 0.15) is 36.8 Å². The van der Waals surface area contributed by atoms with Crippen molar-refractivity contribution in [3.8, 4) is 12.3 Å². The first kappa shape index (κ1) is 9.00. The van der Waals surface area contributed by atoms with E-state index in [9.17, 15) is 0 Å². The Kier molecular flexibility index (Phi) is 1.59. The van der Waals surface area contributed by atoms with E-state index in [1.807, 2.05) is 12.1 Å². The molecule has 1 heteroatoms. The average Bonchev–Trinajstić information content (AvgIpc) is 3.13. The van der Waals surface area contributed by atoms with Crippen molar-refractivity contribution in [1.29, 1.82) is 0 Å². The maximum absolute atomic E-state index is 6.37. The largest absolute Gasteiger partial charge is 0.324 e. The molecule has 0 aliphatic heterocycles. The molecule has 0 unspecified atom stereocenters. The molecule has 0 spiro atoms. The highest BCUT2D eigenvalue weighted by Gasteiger charge is 2.64. The van der Waals surface area contributed by atoms with Crippen LogP contribution in [0.15, 0.2) is 24.3 Å². The molecule has 15 heavy (non-hydrogen) atoms. The molecule has 0 bridgehead atoms. The second kappa shape index (κ2) is 2.65. The van der Waals surface area contributed by atoms with Crippen molar-refractivity contribution in [2.45, 2.75) is 36.6 Å². The fourth-order valence-corrected chi connectivity index (χ4v) is 2.80. The van der Waals surface area contributed by atoms with Gasteiger partial charge in [0.05, 0.1) is 0 Å². The molecule has 76 valence electrons. The summed E-state index contributed by atoms with van der Waals surface area (Å²) in [6.07, 6.45) is 10.3. The van der Waals surface area contributed by atoms with Crippen LogP contribution in [-0.2, 0) is 5.41 Å². The Morgan fingerprint density at radius 3 is 2.33 bits per heavy atom. The zero-order chi connectivity index (χ0) is 10.5. The molecule has 0 saturated heterocycles. The van der Waals surface area contributed by atoms with Gasteiger partial charge in [0.15, 0.2) is 0 Å². The zero-order valence-corrected chi connectivity index (χ0v) is 8.79. The molecule has 1 nitrogen and oxygen atoms in total. The summed E-state index contributed by atoms with van der Waals surface area (Å²) in [5.41, 5.74) is 8.99. The molecule has 0 atom stereocenters. The van der Waals surface area contributed by atoms with Gasteiger partial charge in [0.2, 0.25) is 0 Å². The molecule has 2 aliphatic carbocycles. The van der Waals surface area contributed by atoms with E-state index in [0.717, 1.165) is 18.4 Å². The predicted molar refractivity (Wildman–Crippen MR) is 61.4 cm³/mol. The summed E-state index contributed by atoms with van der Waals surface area (Å²) in [5, 5.41) is 0. The van der Waals surface area contributed by atoms with E-state index in [4.69, 9.17) is 12.2 Å². The molecule has 3 rings (SSSR count). The van der Waals surface area contributed by atoms with Gasteiger partial charge in [-0.15, -0.1) is 6.42 Å². The van der Waals surface area contributed by atoms with Crippen LogP contribution in [0.5, 0.6) is 0 Å². The Hall–Kier alpha value is -1.26. The van der Waals surface area contributed by atoms with Crippen molar-refractivity contribution >= 4 is 0 Å². The lowest BCUT2D eigenvalue weighted by atomic mass is 9.83. The summed E-state index contributed by atoms with van der Waals surface area (Å²) in [6.45, 7) is 0. The van der Waals surface area contributed by atoms with Gasteiger partial charge in [0, 0.05) is 16.5 Å². The standard InChI is InChI=1S/C14H15N/c1-2-11-5-3-4-6-12(11)13(7-8-13)14(15)9-10-14/h1,3-6H,7-10,15H2. The summed E-state index contributed by atoms with van der Waals surface area (Å²) < 4.78 is 0. The van der Waals surface area contributed by atoms with Gasteiger partial charge < -0.3 is 5.73 Å². The van der Waals surface area contributed by atoms with E-state index in [2.05, 4.69) is 18.1 Å². The molecule has 1 aromatic carbocycles. The fraction of sp³-hybridized carbons (Fsp3) is 0.429. The Balaban J connectivity index is 2.10. The first-order valence-corrected chi connectivity index (χ1v) is 5.57. The summed E-state index contributed by atoms with van der Waals surface area (Å²) in [5.74, 6) is 2.79. The highest BCUT2D eigenvalue weighted by molar-refractivity contribution is 5.50. The average molecular weight is 197 g/mol. The number of hydrogen-bond acceptors (Lipinski definition) is 1. The molecule has 0 heterocycles. The van der Waals surface area contributed by atoms with E-state index < -0.39 is 0 Å². The lowest BCUT2D eigenvalue weighted by molar-refractivity contribution is 0.502. The molecular weight excluding hydrogens is 182 g/mol. The van der Waals surface area contributed by atoms with Crippen molar-refractivity contribution in [2.24, 2.45) is 5.73 Å². The minimum absolute atomic E-state index is 0.0555. The first-order chi connectivity index (χ1) is 7.22. The Labute approximate surface area is 90.7 Å². The molecule has 0 radical (unpaired) electrons. The van der Waals surface area contributed by atoms with E-state index >= 15 is 0 Å². The Morgan fingerprint density at radius 2 is 1.80 bits per heavy atom. The molecule has 2 N–H and O–H groups in total. The fourth-order valence-electron chi connectivity index (χ4n) is 2.80. The number of terminal acetylenes is 1.